The summed E-state index contributed by atoms with van der Waals surface area (Å²) in [5.74, 6) is 0. The maximum absolute atomic E-state index is 2.35. The summed E-state index contributed by atoms with van der Waals surface area (Å²) in [5.41, 5.74) is 0. The zero-order valence-corrected chi connectivity index (χ0v) is 17.2. The minimum absolute atomic E-state index is 0. The van der Waals surface area contributed by atoms with Crippen LogP contribution in [0.2, 0.25) is 0 Å². The maximum Gasteiger partial charge on any atom is 0.0786 e. The molecule has 0 aromatic rings. The number of quaternary nitrogens is 1. The molecule has 21 heavy (non-hydrogen) atoms. The summed E-state index contributed by atoms with van der Waals surface area (Å²) in [6.45, 7) is 14.7. The molecule has 0 rings (SSSR count). The second kappa shape index (κ2) is 18.4. The van der Waals surface area contributed by atoms with Gasteiger partial charge < -0.3 is 10.6 Å². The Bertz CT molecular complexity index is 174. The number of unbranched alkanes of at least 4 members (excludes halogenated alkanes) is 9. The molecule has 0 aromatic heterocycles. The SMILES string of the molecule is Br.CCCCCCCCCCCC[N+](CC)(CC)CC.N. The summed E-state index contributed by atoms with van der Waals surface area (Å²) in [5, 5.41) is 0. The zero-order valence-electron chi connectivity index (χ0n) is 15.5. The van der Waals surface area contributed by atoms with E-state index in [0.29, 0.717) is 0 Å². The van der Waals surface area contributed by atoms with E-state index in [1.807, 2.05) is 0 Å². The van der Waals surface area contributed by atoms with Crippen molar-refractivity contribution in [2.24, 2.45) is 0 Å². The van der Waals surface area contributed by atoms with Crippen LogP contribution < -0.4 is 6.15 Å². The van der Waals surface area contributed by atoms with Gasteiger partial charge in [0.2, 0.25) is 0 Å². The third-order valence-electron chi connectivity index (χ3n) is 5.00. The summed E-state index contributed by atoms with van der Waals surface area (Å²) < 4.78 is 1.33. The maximum atomic E-state index is 2.35. The van der Waals surface area contributed by atoms with E-state index in [0.717, 1.165) is 0 Å². The van der Waals surface area contributed by atoms with Crippen molar-refractivity contribution < 1.29 is 4.48 Å². The van der Waals surface area contributed by atoms with Crippen molar-refractivity contribution in [3.8, 4) is 0 Å². The molecule has 0 unspecified atom stereocenters. The molecule has 0 fully saturated rings. The summed E-state index contributed by atoms with van der Waals surface area (Å²) in [6, 6.07) is 0. The average molecular weight is 368 g/mol. The van der Waals surface area contributed by atoms with Gasteiger partial charge in [-0.1, -0.05) is 58.3 Å². The quantitative estimate of drug-likeness (QED) is 0.275. The highest BCUT2D eigenvalue weighted by atomic mass is 79.9. The molecule has 0 bridgehead atoms. The van der Waals surface area contributed by atoms with E-state index in [1.165, 1.54) is 94.9 Å². The Labute approximate surface area is 146 Å². The molecule has 0 aliphatic carbocycles. The van der Waals surface area contributed by atoms with Gasteiger partial charge in [-0.15, -0.1) is 17.0 Å². The molecule has 0 saturated carbocycles. The lowest BCUT2D eigenvalue weighted by molar-refractivity contribution is -0.923. The molecule has 0 radical (unpaired) electrons. The van der Waals surface area contributed by atoms with E-state index in [1.54, 1.807) is 0 Å². The molecule has 0 aromatic carbocycles. The van der Waals surface area contributed by atoms with Crippen LogP contribution in [0, 0.1) is 0 Å². The van der Waals surface area contributed by atoms with Crippen LogP contribution in [-0.2, 0) is 0 Å². The van der Waals surface area contributed by atoms with Crippen LogP contribution >= 0.6 is 17.0 Å². The molecule has 0 saturated heterocycles. The molecule has 3 heteroatoms. The van der Waals surface area contributed by atoms with E-state index in [2.05, 4.69) is 27.7 Å². The van der Waals surface area contributed by atoms with Crippen LogP contribution in [0.25, 0.3) is 0 Å². The largest absolute Gasteiger partial charge is 0.344 e. The molecule has 0 atom stereocenters. The second-order valence-corrected chi connectivity index (χ2v) is 6.20. The van der Waals surface area contributed by atoms with Crippen LogP contribution in [-0.4, -0.2) is 30.7 Å². The summed E-state index contributed by atoms with van der Waals surface area (Å²) in [4.78, 5) is 0. The minimum Gasteiger partial charge on any atom is -0.344 e. The van der Waals surface area contributed by atoms with Crippen LogP contribution in [0.15, 0.2) is 0 Å². The van der Waals surface area contributed by atoms with Gasteiger partial charge in [0, 0.05) is 0 Å². The fourth-order valence-electron chi connectivity index (χ4n) is 3.08. The van der Waals surface area contributed by atoms with Gasteiger partial charge in [-0.25, -0.2) is 0 Å². The first-order chi connectivity index (χ1) is 9.24. The lowest BCUT2D eigenvalue weighted by Gasteiger charge is -2.35. The Balaban J connectivity index is -0.00000162. The van der Waals surface area contributed by atoms with Crippen LogP contribution in [0.3, 0.4) is 0 Å². The van der Waals surface area contributed by atoms with E-state index in [9.17, 15) is 0 Å². The molecule has 0 heterocycles. The van der Waals surface area contributed by atoms with E-state index < -0.39 is 0 Å². The summed E-state index contributed by atoms with van der Waals surface area (Å²) >= 11 is 0. The molecule has 0 amide bonds. The first-order valence-electron chi connectivity index (χ1n) is 9.09. The van der Waals surface area contributed by atoms with E-state index in [-0.39, 0.29) is 23.1 Å². The fraction of sp³-hybridized carbons (Fsp3) is 1.00. The van der Waals surface area contributed by atoms with Crippen molar-refractivity contribution in [2.45, 2.75) is 91.9 Å². The average Bonchev–Trinajstić information content (AvgIpc) is 2.46. The molecule has 3 N–H and O–H groups in total. The lowest BCUT2D eigenvalue weighted by atomic mass is 10.1. The number of hydrogen-bond donors (Lipinski definition) is 1. The Morgan fingerprint density at radius 2 is 0.857 bits per heavy atom. The minimum atomic E-state index is 0. The third kappa shape index (κ3) is 13.8. The molecule has 0 spiro atoms. The van der Waals surface area contributed by atoms with Crippen LogP contribution in [0.4, 0.5) is 0 Å². The van der Waals surface area contributed by atoms with Crippen molar-refractivity contribution in [3.05, 3.63) is 0 Å². The Morgan fingerprint density at radius 1 is 0.524 bits per heavy atom. The topological polar surface area (TPSA) is 35.0 Å². The highest BCUT2D eigenvalue weighted by molar-refractivity contribution is 8.93. The first kappa shape index (κ1) is 26.3. The van der Waals surface area contributed by atoms with Gasteiger partial charge in [0.05, 0.1) is 26.2 Å². The number of rotatable bonds is 14. The number of halogens is 1. The van der Waals surface area contributed by atoms with Crippen molar-refractivity contribution in [1.29, 1.82) is 0 Å². The Morgan fingerprint density at radius 3 is 1.19 bits per heavy atom. The molecular weight excluding hydrogens is 324 g/mol. The lowest BCUT2D eigenvalue weighted by Crippen LogP contribution is -2.48. The number of hydrogen-bond acceptors (Lipinski definition) is 1. The van der Waals surface area contributed by atoms with Gasteiger partial charge in [0.25, 0.3) is 0 Å². The normalized spacial score (nSPS) is 10.9. The van der Waals surface area contributed by atoms with Gasteiger partial charge in [0.1, 0.15) is 0 Å². The summed E-state index contributed by atoms with van der Waals surface area (Å²) in [6.07, 6.45) is 14.5. The van der Waals surface area contributed by atoms with Gasteiger partial charge in [-0.05, 0) is 33.6 Å². The third-order valence-corrected chi connectivity index (χ3v) is 5.00. The molecular formula is C18H44BrN2+. The Hall–Kier alpha value is 0.400. The molecule has 132 valence electrons. The molecule has 0 aliphatic heterocycles. The van der Waals surface area contributed by atoms with Gasteiger partial charge in [-0.3, -0.25) is 0 Å². The Kier molecular flexibility index (Phi) is 23.1. The van der Waals surface area contributed by atoms with Crippen LogP contribution in [0.1, 0.15) is 91.9 Å². The van der Waals surface area contributed by atoms with Gasteiger partial charge in [0.15, 0.2) is 0 Å². The van der Waals surface area contributed by atoms with Gasteiger partial charge >= 0.3 is 0 Å². The molecule has 0 aliphatic rings. The van der Waals surface area contributed by atoms with Crippen molar-refractivity contribution in [2.75, 3.05) is 26.2 Å². The standard InChI is InChI=1S/C18H40N.BrH.H3N/c1-5-9-10-11-12-13-14-15-16-17-18-19(6-2,7-3)8-4;;/h5-18H2,1-4H3;1H;1H3/q+1;;. The summed E-state index contributed by atoms with van der Waals surface area (Å²) in [7, 11) is 0. The van der Waals surface area contributed by atoms with Crippen LogP contribution in [0.5, 0.6) is 0 Å². The first-order valence-corrected chi connectivity index (χ1v) is 9.09. The fourth-order valence-corrected chi connectivity index (χ4v) is 3.08. The predicted octanol–water partition coefficient (Wildman–Crippen LogP) is 6.52. The van der Waals surface area contributed by atoms with Crippen molar-refractivity contribution >= 4 is 17.0 Å². The number of nitrogens with zero attached hydrogens (tertiary/aromatic N) is 1. The van der Waals surface area contributed by atoms with E-state index in [4.69, 9.17) is 0 Å². The second-order valence-electron chi connectivity index (χ2n) is 6.20. The monoisotopic (exact) mass is 367 g/mol. The predicted molar refractivity (Wildman–Crippen MR) is 104 cm³/mol. The highest BCUT2D eigenvalue weighted by Gasteiger charge is 2.19. The van der Waals surface area contributed by atoms with Crippen molar-refractivity contribution in [3.63, 3.8) is 0 Å². The van der Waals surface area contributed by atoms with Gasteiger partial charge in [-0.2, -0.15) is 0 Å². The highest BCUT2D eigenvalue weighted by Crippen LogP contribution is 2.13. The molecule has 2 nitrogen and oxygen atoms in total. The van der Waals surface area contributed by atoms with Crippen molar-refractivity contribution in [1.82, 2.24) is 6.15 Å². The van der Waals surface area contributed by atoms with E-state index >= 15 is 0 Å². The zero-order chi connectivity index (χ0) is 14.4. The smallest absolute Gasteiger partial charge is 0.0786 e.